The number of amides is 1. The van der Waals surface area contributed by atoms with Crippen molar-refractivity contribution in [3.8, 4) is 5.75 Å². The van der Waals surface area contributed by atoms with Gasteiger partial charge in [0.1, 0.15) is 17.9 Å². The van der Waals surface area contributed by atoms with Crippen molar-refractivity contribution in [2.24, 2.45) is 0 Å². The Morgan fingerprint density at radius 3 is 2.46 bits per heavy atom. The zero-order valence-corrected chi connectivity index (χ0v) is 14.4. The highest BCUT2D eigenvalue weighted by atomic mass is 19.4. The van der Waals surface area contributed by atoms with Crippen LogP contribution in [0.2, 0.25) is 0 Å². The second kappa shape index (κ2) is 9.45. The van der Waals surface area contributed by atoms with E-state index in [0.717, 1.165) is 17.7 Å². The summed E-state index contributed by atoms with van der Waals surface area (Å²) < 4.78 is 46.0. The van der Waals surface area contributed by atoms with Gasteiger partial charge in [-0.3, -0.25) is 0 Å². The second-order valence-corrected chi connectivity index (χ2v) is 5.45. The van der Waals surface area contributed by atoms with Crippen molar-refractivity contribution < 1.29 is 37.3 Å². The lowest BCUT2D eigenvalue weighted by Crippen LogP contribution is -2.24. The van der Waals surface area contributed by atoms with Crippen LogP contribution in [0.15, 0.2) is 54.6 Å². The molecule has 2 rings (SSSR count). The minimum atomic E-state index is -5.02. The van der Waals surface area contributed by atoms with E-state index in [-0.39, 0.29) is 18.7 Å². The van der Waals surface area contributed by atoms with E-state index in [1.807, 2.05) is 18.2 Å². The molecule has 0 atom stereocenters. The molecule has 2 aromatic rings. The maximum absolute atomic E-state index is 12.4. The van der Waals surface area contributed by atoms with Crippen molar-refractivity contribution in [3.63, 3.8) is 0 Å². The minimum absolute atomic E-state index is 0.0593. The average molecular weight is 395 g/mol. The zero-order valence-electron chi connectivity index (χ0n) is 14.4. The van der Waals surface area contributed by atoms with Crippen LogP contribution in [-0.4, -0.2) is 30.1 Å². The largest absolute Gasteiger partial charge is 0.573 e. The number of alkyl halides is 3. The fraction of sp³-hybridized carbons (Fsp3) is 0.158. The molecule has 9 heteroatoms. The average Bonchev–Trinajstić information content (AvgIpc) is 2.63. The Morgan fingerprint density at radius 1 is 1.11 bits per heavy atom. The highest BCUT2D eigenvalue weighted by Gasteiger charge is 2.33. The van der Waals surface area contributed by atoms with Crippen LogP contribution in [0.25, 0.3) is 6.08 Å². The maximum Gasteiger partial charge on any atom is 0.573 e. The van der Waals surface area contributed by atoms with Gasteiger partial charge in [0.2, 0.25) is 0 Å². The van der Waals surface area contributed by atoms with Gasteiger partial charge in [0.05, 0.1) is 0 Å². The van der Waals surface area contributed by atoms with Crippen LogP contribution in [-0.2, 0) is 11.3 Å². The van der Waals surface area contributed by atoms with Gasteiger partial charge >= 0.3 is 18.4 Å². The number of ether oxygens (including phenoxy) is 2. The number of hydrogen-bond donors (Lipinski definition) is 2. The first-order valence-corrected chi connectivity index (χ1v) is 7.99. The van der Waals surface area contributed by atoms with Gasteiger partial charge in [-0.15, -0.1) is 13.2 Å². The van der Waals surface area contributed by atoms with Crippen LogP contribution in [0.5, 0.6) is 5.75 Å². The third-order valence-corrected chi connectivity index (χ3v) is 3.35. The molecule has 0 heterocycles. The number of carbonyl (C=O) groups excluding carboxylic acids is 1. The van der Waals surface area contributed by atoms with E-state index in [0.29, 0.717) is 0 Å². The highest BCUT2D eigenvalue weighted by Crippen LogP contribution is 2.28. The third-order valence-electron chi connectivity index (χ3n) is 3.35. The van der Waals surface area contributed by atoms with Crippen LogP contribution >= 0.6 is 0 Å². The summed E-state index contributed by atoms with van der Waals surface area (Å²) in [5.74, 6) is -2.37. The normalized spacial score (nSPS) is 11.2. The number of halogens is 3. The fourth-order valence-corrected chi connectivity index (χ4v) is 2.14. The summed E-state index contributed by atoms with van der Waals surface area (Å²) in [5.41, 5.74) is 0.477. The lowest BCUT2D eigenvalue weighted by molar-refractivity contribution is -0.274. The monoisotopic (exact) mass is 395 g/mol. The fourth-order valence-electron chi connectivity index (χ4n) is 2.14. The Labute approximate surface area is 158 Å². The molecule has 0 saturated heterocycles. The Kier molecular flexibility index (Phi) is 7.02. The molecule has 0 saturated carbocycles. The number of carbonyl (C=O) groups is 2. The predicted molar refractivity (Wildman–Crippen MR) is 93.7 cm³/mol. The summed E-state index contributed by atoms with van der Waals surface area (Å²) in [4.78, 5) is 22.6. The number of rotatable bonds is 7. The Morgan fingerprint density at radius 2 is 1.82 bits per heavy atom. The van der Waals surface area contributed by atoms with Gasteiger partial charge in [-0.25, -0.2) is 9.59 Å². The molecule has 0 aliphatic heterocycles. The molecule has 0 unspecified atom stereocenters. The van der Waals surface area contributed by atoms with Gasteiger partial charge in [-0.1, -0.05) is 48.6 Å². The summed E-state index contributed by atoms with van der Waals surface area (Å²) in [6, 6.07) is 12.3. The van der Waals surface area contributed by atoms with Crippen molar-refractivity contribution in [2.75, 3.05) is 6.54 Å². The Balaban J connectivity index is 1.90. The number of hydrogen-bond acceptors (Lipinski definition) is 4. The van der Waals surface area contributed by atoms with Crippen LogP contribution in [0.1, 0.15) is 21.5 Å². The standard InChI is InChI=1S/C19H16F3NO5/c20-19(21,22)28-16-11-13(8-9-15(16)17(24)25)7-4-10-23-18(26)27-12-14-5-2-1-3-6-14/h1-9,11H,10,12H2,(H,23,26)(H,24,25). The molecule has 28 heavy (non-hydrogen) atoms. The van der Waals surface area contributed by atoms with Crippen molar-refractivity contribution in [3.05, 3.63) is 71.3 Å². The summed E-state index contributed by atoms with van der Waals surface area (Å²) in [7, 11) is 0. The zero-order chi connectivity index (χ0) is 20.6. The molecule has 0 fully saturated rings. The summed E-state index contributed by atoms with van der Waals surface area (Å²) in [5, 5.41) is 11.4. The lowest BCUT2D eigenvalue weighted by Gasteiger charge is -2.11. The topological polar surface area (TPSA) is 84.9 Å². The minimum Gasteiger partial charge on any atom is -0.478 e. The predicted octanol–water partition coefficient (Wildman–Crippen LogP) is 4.22. The van der Waals surface area contributed by atoms with Gasteiger partial charge in [0.25, 0.3) is 0 Å². The lowest BCUT2D eigenvalue weighted by atomic mass is 10.1. The summed E-state index contributed by atoms with van der Waals surface area (Å²) in [6.07, 6.45) is -2.80. The van der Waals surface area contributed by atoms with Gasteiger partial charge in [-0.2, -0.15) is 0 Å². The Hall–Kier alpha value is -3.49. The first-order chi connectivity index (χ1) is 13.2. The molecule has 0 bridgehead atoms. The number of carboxylic acids is 1. The first kappa shape index (κ1) is 20.8. The first-order valence-electron chi connectivity index (χ1n) is 7.99. The number of nitrogens with one attached hydrogen (secondary N) is 1. The molecule has 0 aromatic heterocycles. The van der Waals surface area contributed by atoms with Crippen molar-refractivity contribution in [2.45, 2.75) is 13.0 Å². The van der Waals surface area contributed by atoms with Gasteiger partial charge in [-0.05, 0) is 23.3 Å². The number of benzene rings is 2. The van der Waals surface area contributed by atoms with Crippen molar-refractivity contribution >= 4 is 18.1 Å². The van der Waals surface area contributed by atoms with E-state index in [1.165, 1.54) is 18.2 Å². The molecule has 1 amide bonds. The van der Waals surface area contributed by atoms with Crippen molar-refractivity contribution in [1.82, 2.24) is 5.32 Å². The van der Waals surface area contributed by atoms with Crippen LogP contribution in [0, 0.1) is 0 Å². The molecule has 6 nitrogen and oxygen atoms in total. The maximum atomic E-state index is 12.4. The molecular weight excluding hydrogens is 379 g/mol. The number of carboxylic acid groups (broad SMARTS) is 1. The van der Waals surface area contributed by atoms with Gasteiger partial charge < -0.3 is 19.9 Å². The molecule has 0 radical (unpaired) electrons. The summed E-state index contributed by atoms with van der Waals surface area (Å²) in [6.45, 7) is 0.162. The molecule has 0 aliphatic carbocycles. The van der Waals surface area contributed by atoms with E-state index in [9.17, 15) is 22.8 Å². The van der Waals surface area contributed by atoms with Gasteiger partial charge in [0, 0.05) is 6.54 Å². The number of aromatic carboxylic acids is 1. The van der Waals surface area contributed by atoms with E-state index >= 15 is 0 Å². The van der Waals surface area contributed by atoms with Gasteiger partial charge in [0.15, 0.2) is 0 Å². The molecule has 0 aliphatic rings. The van der Waals surface area contributed by atoms with E-state index < -0.39 is 29.7 Å². The molecule has 2 aromatic carbocycles. The van der Waals surface area contributed by atoms with Crippen LogP contribution in [0.3, 0.4) is 0 Å². The molecule has 0 spiro atoms. The molecule has 2 N–H and O–H groups in total. The second-order valence-electron chi connectivity index (χ2n) is 5.45. The smallest absolute Gasteiger partial charge is 0.478 e. The SMILES string of the molecule is O=C(NCC=Cc1ccc(C(=O)O)c(OC(F)(F)F)c1)OCc1ccccc1. The molecule has 148 valence electrons. The van der Waals surface area contributed by atoms with Crippen LogP contribution < -0.4 is 10.1 Å². The summed E-state index contributed by atoms with van der Waals surface area (Å²) >= 11 is 0. The van der Waals surface area contributed by atoms with E-state index in [4.69, 9.17) is 9.84 Å². The third kappa shape index (κ3) is 7.02. The highest BCUT2D eigenvalue weighted by molar-refractivity contribution is 5.91. The quantitative estimate of drug-likeness (QED) is 0.733. The molecular formula is C19H16F3NO5. The number of alkyl carbamates (subject to hydrolysis) is 1. The van der Waals surface area contributed by atoms with Crippen molar-refractivity contribution in [1.29, 1.82) is 0 Å². The van der Waals surface area contributed by atoms with E-state index in [1.54, 1.807) is 12.1 Å². The van der Waals surface area contributed by atoms with Crippen LogP contribution in [0.4, 0.5) is 18.0 Å². The Bertz CT molecular complexity index is 850. The van der Waals surface area contributed by atoms with E-state index in [2.05, 4.69) is 10.1 Å².